The summed E-state index contributed by atoms with van der Waals surface area (Å²) in [5, 5.41) is 0. The molecule has 0 fully saturated rings. The number of hydrogen-bond donors (Lipinski definition) is 0. The van der Waals surface area contributed by atoms with E-state index in [-0.39, 0.29) is 35.6 Å². The van der Waals surface area contributed by atoms with E-state index < -0.39 is 0 Å². The molecule has 0 bridgehead atoms. The van der Waals surface area contributed by atoms with Gasteiger partial charge in [0.15, 0.2) is 0 Å². The van der Waals surface area contributed by atoms with Crippen molar-refractivity contribution in [3.63, 3.8) is 0 Å². The molecule has 0 saturated heterocycles. The molecule has 2 aliphatic rings. The quantitative estimate of drug-likeness (QED) is 0.120. The third kappa shape index (κ3) is 12.0. The standard InChI is InChI=1S/C45H41.C15H14.C5H5.2ClH.Zr/c1-30-17-13-15-23-36(30)40-26-32-25-33-27-41(37-24-16-14-18-31(37)2)43(45(5,6)35-21-11-8-12-22-35)29-39(33)38(32)28-42(40)44(3,4)34-19-9-7-10-20-34;1-3-8-14(9-4-1)12-7-13-15-10-5-2-6-11-15;1-2-4-5-3-1;;;/h7-24,26,28-29H,25H2,1-6H3;1-6,8-11H,12-13H2;1-3H,4H2;2*1H;/q-1;;-1;;;+2/p-2. The van der Waals surface area contributed by atoms with E-state index >= 15 is 0 Å². The summed E-state index contributed by atoms with van der Waals surface area (Å²) >= 11 is 1.55. The van der Waals surface area contributed by atoms with Crippen LogP contribution in [0.4, 0.5) is 0 Å². The molecule has 0 nitrogen and oxygen atoms in total. The van der Waals surface area contributed by atoms with Crippen LogP contribution in [0.5, 0.6) is 0 Å². The molecule has 0 heterocycles. The first kappa shape index (κ1) is 52.0. The van der Waals surface area contributed by atoms with Crippen molar-refractivity contribution in [2.24, 2.45) is 0 Å². The van der Waals surface area contributed by atoms with Crippen LogP contribution in [0, 0.1) is 26.0 Å². The summed E-state index contributed by atoms with van der Waals surface area (Å²) in [5.74, 6) is 0. The van der Waals surface area contributed by atoms with E-state index in [0.29, 0.717) is 0 Å². The molecule has 0 unspecified atom stereocenters. The predicted octanol–water partition coefficient (Wildman–Crippen LogP) is 10.2. The van der Waals surface area contributed by atoms with Crippen molar-refractivity contribution in [1.29, 1.82) is 0 Å². The third-order valence-corrected chi connectivity index (χ3v) is 14.2. The average molecular weight is 1000 g/mol. The second kappa shape index (κ2) is 23.7. The zero-order valence-corrected chi connectivity index (χ0v) is 44.2. The molecule has 0 radical (unpaired) electrons. The zero-order valence-electron chi connectivity index (χ0n) is 40.2. The van der Waals surface area contributed by atoms with Gasteiger partial charge in [0.05, 0.1) is 0 Å². The van der Waals surface area contributed by atoms with Gasteiger partial charge in [-0.15, -0.1) is 35.2 Å². The minimum atomic E-state index is -0.208. The molecule has 0 aromatic heterocycles. The molecule has 340 valence electrons. The fraction of sp³-hybridized carbons (Fsp3) is 0.185. The average Bonchev–Trinajstić information content (AvgIpc) is 4.05. The molecule has 8 aromatic carbocycles. The van der Waals surface area contributed by atoms with Gasteiger partial charge in [0, 0.05) is 5.41 Å². The Kier molecular flexibility index (Phi) is 18.1. The molecule has 0 aliphatic heterocycles. The Hall–Kier alpha value is -5.43. The van der Waals surface area contributed by atoms with Crippen molar-refractivity contribution in [2.75, 3.05) is 0 Å². The molecule has 10 rings (SSSR count). The SMILES string of the molecule is Cc1ccccc1-c1[c-]c2c(cc1C(C)(C)c1ccccc1)-c1cc(C(C)(C)c3ccccc3)c(-c3ccccc3C)cc1C2.[C-]1=CC=CC1.[Cl-].[Cl-].[Zr+2]=[C](Cc1ccccc1)Cc1ccccc1. The molecular weight excluding hydrogens is 943 g/mol. The van der Waals surface area contributed by atoms with Gasteiger partial charge in [0.25, 0.3) is 0 Å². The maximum atomic E-state index is 4.03. The van der Waals surface area contributed by atoms with Crippen molar-refractivity contribution in [1.82, 2.24) is 0 Å². The van der Waals surface area contributed by atoms with E-state index in [2.05, 4.69) is 248 Å². The van der Waals surface area contributed by atoms with Crippen LogP contribution in [0.2, 0.25) is 0 Å². The van der Waals surface area contributed by atoms with Gasteiger partial charge in [-0.25, -0.2) is 12.2 Å². The van der Waals surface area contributed by atoms with Gasteiger partial charge in [-0.05, 0) is 64.6 Å². The first-order valence-corrected chi connectivity index (χ1v) is 24.6. The number of halogens is 2. The molecule has 0 saturated carbocycles. The number of benzene rings is 8. The van der Waals surface area contributed by atoms with Crippen molar-refractivity contribution >= 4 is 3.21 Å². The fourth-order valence-electron chi connectivity index (χ4n) is 9.48. The van der Waals surface area contributed by atoms with Gasteiger partial charge in [-0.2, -0.15) is 6.08 Å². The number of aryl methyl sites for hydroxylation is 2. The number of rotatable bonds is 10. The third-order valence-electron chi connectivity index (χ3n) is 13.4. The summed E-state index contributed by atoms with van der Waals surface area (Å²) in [4.78, 5) is 0. The van der Waals surface area contributed by atoms with Gasteiger partial charge in [-0.1, -0.05) is 171 Å². The molecule has 0 N–H and O–H groups in total. The number of allylic oxidation sites excluding steroid dienone is 4. The summed E-state index contributed by atoms with van der Waals surface area (Å²) < 4.78 is 1.60. The Balaban J connectivity index is 0.000000274. The Bertz CT molecular complexity index is 2780. The fourth-order valence-corrected chi connectivity index (χ4v) is 10.5. The zero-order chi connectivity index (χ0) is 46.1. The monoisotopic (exact) mass is 1000 g/mol. The summed E-state index contributed by atoms with van der Waals surface area (Å²) in [6.07, 6.45) is 13.1. The Morgan fingerprint density at radius 3 is 1.43 bits per heavy atom. The van der Waals surface area contributed by atoms with Crippen molar-refractivity contribution in [3.8, 4) is 33.4 Å². The normalized spacial score (nSPS) is 12.0. The van der Waals surface area contributed by atoms with Crippen LogP contribution in [-0.2, 0) is 54.3 Å². The van der Waals surface area contributed by atoms with Crippen molar-refractivity contribution in [3.05, 3.63) is 274 Å². The predicted molar refractivity (Wildman–Crippen MR) is 278 cm³/mol. The summed E-state index contributed by atoms with van der Waals surface area (Å²) in [5.41, 5.74) is 20.8. The van der Waals surface area contributed by atoms with Crippen LogP contribution in [0.15, 0.2) is 206 Å². The Morgan fingerprint density at radius 1 is 0.500 bits per heavy atom. The molecule has 8 aromatic rings. The van der Waals surface area contributed by atoms with Gasteiger partial charge in [0.1, 0.15) is 0 Å². The Labute approximate surface area is 434 Å². The topological polar surface area (TPSA) is 0 Å². The van der Waals surface area contributed by atoms with E-state index in [1.807, 2.05) is 12.2 Å². The summed E-state index contributed by atoms with van der Waals surface area (Å²) in [7, 11) is 0. The first-order chi connectivity index (χ1) is 32.0. The minimum absolute atomic E-state index is 0. The van der Waals surface area contributed by atoms with Crippen LogP contribution in [-0.4, -0.2) is 3.21 Å². The van der Waals surface area contributed by atoms with Gasteiger partial charge >= 0.3 is 112 Å². The van der Waals surface area contributed by atoms with Gasteiger partial charge in [-0.3, -0.25) is 6.08 Å². The molecule has 0 amide bonds. The first-order valence-electron chi connectivity index (χ1n) is 23.4. The van der Waals surface area contributed by atoms with Gasteiger partial charge < -0.3 is 24.8 Å². The van der Waals surface area contributed by atoms with E-state index in [0.717, 1.165) is 25.7 Å². The summed E-state index contributed by atoms with van der Waals surface area (Å²) in [6, 6.07) is 72.4. The van der Waals surface area contributed by atoms with Crippen LogP contribution < -0.4 is 24.8 Å². The maximum absolute atomic E-state index is 4.03. The van der Waals surface area contributed by atoms with Crippen LogP contribution in [0.1, 0.15) is 89.8 Å². The second-order valence-electron chi connectivity index (χ2n) is 18.7. The van der Waals surface area contributed by atoms with E-state index in [1.165, 1.54) is 89.0 Å². The molecule has 2 aliphatic carbocycles. The van der Waals surface area contributed by atoms with Crippen LogP contribution in [0.25, 0.3) is 33.4 Å². The number of fused-ring (bicyclic) bond motifs is 3. The molecule has 0 atom stereocenters. The van der Waals surface area contributed by atoms with E-state index in [1.54, 1.807) is 27.4 Å². The van der Waals surface area contributed by atoms with E-state index in [9.17, 15) is 0 Å². The molecule has 3 heteroatoms. The molecule has 68 heavy (non-hydrogen) atoms. The van der Waals surface area contributed by atoms with Crippen molar-refractivity contribution in [2.45, 2.75) is 78.1 Å². The number of hydrogen-bond acceptors (Lipinski definition) is 0. The van der Waals surface area contributed by atoms with Crippen molar-refractivity contribution < 1.29 is 49.0 Å². The molecule has 0 spiro atoms. The Morgan fingerprint density at radius 2 is 0.956 bits per heavy atom. The van der Waals surface area contributed by atoms with Gasteiger partial charge in [0.2, 0.25) is 0 Å². The van der Waals surface area contributed by atoms with Crippen LogP contribution in [0.3, 0.4) is 0 Å². The molecular formula is C65H60Cl2Zr-2. The van der Waals surface area contributed by atoms with Crippen LogP contribution >= 0.6 is 0 Å². The second-order valence-corrected chi connectivity index (χ2v) is 20.5. The van der Waals surface area contributed by atoms with E-state index in [4.69, 9.17) is 0 Å². The summed E-state index contributed by atoms with van der Waals surface area (Å²) in [6.45, 7) is 13.9.